The molecule has 0 radical (unpaired) electrons. The molecule has 3 nitrogen and oxygen atoms in total. The largest absolute Gasteiger partial charge is 0.213 e. The maximum Gasteiger partial charge on any atom is 0.211 e. The number of hydrogen-bond donors (Lipinski definition) is 0. The van der Waals surface area contributed by atoms with Gasteiger partial charge in [0.25, 0.3) is 0 Å². The highest BCUT2D eigenvalue weighted by molar-refractivity contribution is 7.88. The molecule has 1 rings (SSSR count). The lowest BCUT2D eigenvalue weighted by molar-refractivity contribution is 0.263. The van der Waals surface area contributed by atoms with Crippen molar-refractivity contribution in [3.05, 3.63) is 0 Å². The van der Waals surface area contributed by atoms with E-state index < -0.39 is 10.0 Å². The molecule has 0 aromatic heterocycles. The van der Waals surface area contributed by atoms with E-state index in [1.807, 2.05) is 0 Å². The lowest BCUT2D eigenvalue weighted by Gasteiger charge is -2.29. The second-order valence-corrected chi connectivity index (χ2v) is 5.88. The van der Waals surface area contributed by atoms with Gasteiger partial charge in [-0.2, -0.15) is 0 Å². The van der Waals surface area contributed by atoms with Crippen LogP contribution in [0.1, 0.15) is 32.6 Å². The zero-order chi connectivity index (χ0) is 9.90. The maximum absolute atomic E-state index is 11.2. The highest BCUT2D eigenvalue weighted by Crippen LogP contribution is 2.22. The molecule has 0 saturated carbocycles. The van der Waals surface area contributed by atoms with Gasteiger partial charge in [-0.1, -0.05) is 19.8 Å². The van der Waals surface area contributed by atoms with Crippen molar-refractivity contribution in [3.63, 3.8) is 0 Å². The predicted molar refractivity (Wildman–Crippen MR) is 54.0 cm³/mol. The fourth-order valence-electron chi connectivity index (χ4n) is 1.94. The van der Waals surface area contributed by atoms with E-state index in [1.165, 1.54) is 19.1 Å². The van der Waals surface area contributed by atoms with Gasteiger partial charge >= 0.3 is 0 Å². The minimum atomic E-state index is -2.93. The molecule has 1 fully saturated rings. The molecule has 0 spiro atoms. The van der Waals surface area contributed by atoms with Crippen LogP contribution in [0.4, 0.5) is 0 Å². The summed E-state index contributed by atoms with van der Waals surface area (Å²) in [6.45, 7) is 3.63. The van der Waals surface area contributed by atoms with Gasteiger partial charge in [0.1, 0.15) is 0 Å². The van der Waals surface area contributed by atoms with Gasteiger partial charge in [-0.25, -0.2) is 12.7 Å². The molecule has 0 aromatic carbocycles. The zero-order valence-corrected chi connectivity index (χ0v) is 9.31. The van der Waals surface area contributed by atoms with E-state index in [0.29, 0.717) is 0 Å². The van der Waals surface area contributed by atoms with Crippen molar-refractivity contribution < 1.29 is 8.42 Å². The van der Waals surface area contributed by atoms with Crippen molar-refractivity contribution in [3.8, 4) is 0 Å². The lowest BCUT2D eigenvalue weighted by atomic mass is 9.94. The number of sulfonamides is 1. The van der Waals surface area contributed by atoms with Gasteiger partial charge < -0.3 is 0 Å². The number of hydrogen-bond acceptors (Lipinski definition) is 2. The van der Waals surface area contributed by atoms with Crippen LogP contribution in [0.5, 0.6) is 0 Å². The Labute approximate surface area is 81.2 Å². The third kappa shape index (κ3) is 3.27. The minimum Gasteiger partial charge on any atom is -0.213 e. The van der Waals surface area contributed by atoms with Crippen molar-refractivity contribution in [1.29, 1.82) is 0 Å². The van der Waals surface area contributed by atoms with E-state index in [0.717, 1.165) is 31.8 Å². The van der Waals surface area contributed by atoms with Gasteiger partial charge in [0.15, 0.2) is 0 Å². The Morgan fingerprint density at radius 1 is 1.31 bits per heavy atom. The lowest BCUT2D eigenvalue weighted by Crippen LogP contribution is -2.37. The maximum atomic E-state index is 11.2. The smallest absolute Gasteiger partial charge is 0.211 e. The summed E-state index contributed by atoms with van der Waals surface area (Å²) in [7, 11) is -2.93. The average Bonchev–Trinajstić information content (AvgIpc) is 2.04. The molecule has 0 bridgehead atoms. The fraction of sp³-hybridized carbons (Fsp3) is 1.00. The Hall–Kier alpha value is -0.0900. The molecule has 0 aromatic rings. The van der Waals surface area contributed by atoms with Crippen molar-refractivity contribution >= 4 is 10.0 Å². The van der Waals surface area contributed by atoms with E-state index in [2.05, 4.69) is 6.92 Å². The van der Waals surface area contributed by atoms with Gasteiger partial charge in [-0.3, -0.25) is 0 Å². The SMILES string of the molecule is CCCC1CCN(S(C)(=O)=O)CC1. The van der Waals surface area contributed by atoms with Crippen molar-refractivity contribution in [2.24, 2.45) is 5.92 Å². The van der Waals surface area contributed by atoms with Crippen molar-refractivity contribution in [2.45, 2.75) is 32.6 Å². The molecule has 0 unspecified atom stereocenters. The molecule has 13 heavy (non-hydrogen) atoms. The van der Waals surface area contributed by atoms with Gasteiger partial charge in [-0.15, -0.1) is 0 Å². The highest BCUT2D eigenvalue weighted by atomic mass is 32.2. The van der Waals surface area contributed by atoms with E-state index in [4.69, 9.17) is 0 Å². The molecule has 78 valence electrons. The van der Waals surface area contributed by atoms with E-state index in [9.17, 15) is 8.42 Å². The number of rotatable bonds is 3. The first kappa shape index (κ1) is 11.0. The summed E-state index contributed by atoms with van der Waals surface area (Å²) < 4.78 is 23.9. The van der Waals surface area contributed by atoms with Gasteiger partial charge in [0, 0.05) is 13.1 Å². The summed E-state index contributed by atoms with van der Waals surface area (Å²) in [6, 6.07) is 0. The summed E-state index contributed by atoms with van der Waals surface area (Å²) >= 11 is 0. The fourth-order valence-corrected chi connectivity index (χ4v) is 2.81. The monoisotopic (exact) mass is 205 g/mol. The molecular formula is C9H19NO2S. The van der Waals surface area contributed by atoms with Crippen molar-refractivity contribution in [2.75, 3.05) is 19.3 Å². The second-order valence-electron chi connectivity index (χ2n) is 3.89. The molecule has 0 N–H and O–H groups in total. The Balaban J connectivity index is 2.39. The van der Waals surface area contributed by atoms with Crippen LogP contribution in [-0.2, 0) is 10.0 Å². The second kappa shape index (κ2) is 4.42. The molecule has 1 heterocycles. The van der Waals surface area contributed by atoms with Gasteiger partial charge in [0.05, 0.1) is 6.26 Å². The number of piperidine rings is 1. The molecule has 4 heteroatoms. The van der Waals surface area contributed by atoms with Crippen LogP contribution < -0.4 is 0 Å². The standard InChI is InChI=1S/C9H19NO2S/c1-3-4-9-5-7-10(8-6-9)13(2,11)12/h9H,3-8H2,1-2H3. The topological polar surface area (TPSA) is 37.4 Å². The van der Waals surface area contributed by atoms with E-state index in [-0.39, 0.29) is 0 Å². The Kier molecular flexibility index (Phi) is 3.74. The van der Waals surface area contributed by atoms with Crippen LogP contribution in [0.2, 0.25) is 0 Å². The summed E-state index contributed by atoms with van der Waals surface area (Å²) in [5.41, 5.74) is 0. The molecule has 0 amide bonds. The number of nitrogens with zero attached hydrogens (tertiary/aromatic N) is 1. The Morgan fingerprint density at radius 2 is 1.85 bits per heavy atom. The third-order valence-corrected chi connectivity index (χ3v) is 4.04. The minimum absolute atomic E-state index is 0.726. The third-order valence-electron chi connectivity index (χ3n) is 2.74. The molecule has 0 atom stereocenters. The van der Waals surface area contributed by atoms with Gasteiger partial charge in [-0.05, 0) is 18.8 Å². The normalized spacial score (nSPS) is 22.0. The first-order valence-corrected chi connectivity index (χ1v) is 6.84. The van der Waals surface area contributed by atoms with E-state index >= 15 is 0 Å². The molecule has 1 aliphatic rings. The van der Waals surface area contributed by atoms with Crippen LogP contribution >= 0.6 is 0 Å². The van der Waals surface area contributed by atoms with Crippen LogP contribution in [-0.4, -0.2) is 32.1 Å². The predicted octanol–water partition coefficient (Wildman–Crippen LogP) is 1.46. The summed E-state index contributed by atoms with van der Waals surface area (Å²) in [6.07, 6.45) is 5.84. The van der Waals surface area contributed by atoms with E-state index in [1.54, 1.807) is 4.31 Å². The summed E-state index contributed by atoms with van der Waals surface area (Å²) in [5.74, 6) is 0.753. The first-order chi connectivity index (χ1) is 6.04. The molecule has 1 saturated heterocycles. The quantitative estimate of drug-likeness (QED) is 0.699. The van der Waals surface area contributed by atoms with Crippen LogP contribution in [0, 0.1) is 5.92 Å². The average molecular weight is 205 g/mol. The van der Waals surface area contributed by atoms with Crippen LogP contribution in [0.25, 0.3) is 0 Å². The van der Waals surface area contributed by atoms with Crippen LogP contribution in [0.3, 0.4) is 0 Å². The van der Waals surface area contributed by atoms with Crippen LogP contribution in [0.15, 0.2) is 0 Å². The Morgan fingerprint density at radius 3 is 2.23 bits per heavy atom. The highest BCUT2D eigenvalue weighted by Gasteiger charge is 2.23. The first-order valence-electron chi connectivity index (χ1n) is 4.99. The van der Waals surface area contributed by atoms with Gasteiger partial charge in [0.2, 0.25) is 10.0 Å². The molecule has 0 aliphatic carbocycles. The van der Waals surface area contributed by atoms with Crippen molar-refractivity contribution in [1.82, 2.24) is 4.31 Å². The molecule has 1 aliphatic heterocycles. The molecular weight excluding hydrogens is 186 g/mol. The summed E-state index contributed by atoms with van der Waals surface area (Å²) in [5, 5.41) is 0. The summed E-state index contributed by atoms with van der Waals surface area (Å²) in [4.78, 5) is 0. The zero-order valence-electron chi connectivity index (χ0n) is 8.49. The Bertz CT molecular complexity index is 240.